The topological polar surface area (TPSA) is 52.8 Å². The zero-order valence-corrected chi connectivity index (χ0v) is 12.7. The second kappa shape index (κ2) is 6.34. The van der Waals surface area contributed by atoms with Gasteiger partial charge in [-0.3, -0.25) is 0 Å². The zero-order chi connectivity index (χ0) is 16.2. The molecule has 0 aliphatic rings. The Kier molecular flexibility index (Phi) is 3.73. The third-order valence-electron chi connectivity index (χ3n) is 3.51. The van der Waals surface area contributed by atoms with E-state index < -0.39 is 0 Å². The smallest absolute Gasteiger partial charge is 0.162 e. The van der Waals surface area contributed by atoms with Crippen LogP contribution in [-0.4, -0.2) is 20.2 Å². The number of hydrogen-bond donors (Lipinski definition) is 0. The highest BCUT2D eigenvalue weighted by Crippen LogP contribution is 2.27. The molecular formula is C19H13N4O. The van der Waals surface area contributed by atoms with Crippen molar-refractivity contribution in [3.8, 4) is 28.3 Å². The third-order valence-corrected chi connectivity index (χ3v) is 3.51. The maximum absolute atomic E-state index is 5.87. The van der Waals surface area contributed by atoms with E-state index in [2.05, 4.69) is 21.5 Å². The molecule has 0 unspecified atom stereocenters. The van der Waals surface area contributed by atoms with Gasteiger partial charge in [0.05, 0.1) is 5.69 Å². The van der Waals surface area contributed by atoms with E-state index in [1.54, 1.807) is 0 Å². The Balaban J connectivity index is 1.59. The van der Waals surface area contributed by atoms with Gasteiger partial charge >= 0.3 is 0 Å². The summed E-state index contributed by atoms with van der Waals surface area (Å²) in [5.41, 5.74) is 2.85. The second-order valence-corrected chi connectivity index (χ2v) is 5.13. The van der Waals surface area contributed by atoms with Crippen LogP contribution in [0.4, 0.5) is 0 Å². The number of nitrogens with zero attached hydrogens (tertiary/aromatic N) is 4. The minimum Gasteiger partial charge on any atom is -0.457 e. The van der Waals surface area contributed by atoms with E-state index in [9.17, 15) is 0 Å². The Morgan fingerprint density at radius 3 is 2.46 bits per heavy atom. The molecule has 0 spiro atoms. The van der Waals surface area contributed by atoms with Gasteiger partial charge in [-0.15, -0.1) is 15.0 Å². The molecular weight excluding hydrogens is 300 g/mol. The van der Waals surface area contributed by atoms with Crippen molar-refractivity contribution < 1.29 is 4.74 Å². The summed E-state index contributed by atoms with van der Waals surface area (Å²) >= 11 is 0. The lowest BCUT2D eigenvalue weighted by Crippen LogP contribution is -1.98. The van der Waals surface area contributed by atoms with Crippen molar-refractivity contribution in [3.05, 3.63) is 85.2 Å². The molecule has 24 heavy (non-hydrogen) atoms. The van der Waals surface area contributed by atoms with Crippen molar-refractivity contribution in [1.29, 1.82) is 0 Å². The maximum atomic E-state index is 5.87. The van der Waals surface area contributed by atoms with Gasteiger partial charge in [-0.25, -0.2) is 0 Å². The number of tetrazole rings is 1. The molecule has 4 rings (SSSR count). The summed E-state index contributed by atoms with van der Waals surface area (Å²) < 4.78 is 5.87. The maximum Gasteiger partial charge on any atom is 0.162 e. The van der Waals surface area contributed by atoms with Gasteiger partial charge in [0.2, 0.25) is 0 Å². The van der Waals surface area contributed by atoms with E-state index in [0.29, 0.717) is 0 Å². The normalized spacial score (nSPS) is 10.5. The number of hydrogen-bond acceptors (Lipinski definition) is 4. The van der Waals surface area contributed by atoms with E-state index >= 15 is 0 Å². The Bertz CT molecular complexity index is 919. The predicted molar refractivity (Wildman–Crippen MR) is 89.9 cm³/mol. The Morgan fingerprint density at radius 2 is 1.71 bits per heavy atom. The number of para-hydroxylation sites is 1. The van der Waals surface area contributed by atoms with Gasteiger partial charge in [-0.2, -0.15) is 0 Å². The van der Waals surface area contributed by atoms with Crippen molar-refractivity contribution in [2.75, 3.05) is 0 Å². The molecule has 0 saturated carbocycles. The number of aromatic nitrogens is 4. The number of ether oxygens (including phenoxy) is 1. The predicted octanol–water partition coefficient (Wildman–Crippen LogP) is 3.92. The molecule has 5 heteroatoms. The first-order chi connectivity index (χ1) is 11.9. The first-order valence-corrected chi connectivity index (χ1v) is 7.47. The van der Waals surface area contributed by atoms with Crippen LogP contribution < -0.4 is 4.74 Å². The van der Waals surface area contributed by atoms with Crippen LogP contribution in [0.2, 0.25) is 0 Å². The zero-order valence-electron chi connectivity index (χ0n) is 12.7. The van der Waals surface area contributed by atoms with Gasteiger partial charge in [0.25, 0.3) is 0 Å². The lowest BCUT2D eigenvalue weighted by atomic mass is 10.1. The molecule has 3 aromatic carbocycles. The molecule has 0 saturated heterocycles. The van der Waals surface area contributed by atoms with Crippen molar-refractivity contribution in [2.45, 2.75) is 0 Å². The van der Waals surface area contributed by atoms with Crippen LogP contribution in [0, 0.1) is 6.07 Å². The summed E-state index contributed by atoms with van der Waals surface area (Å²) in [6, 6.07) is 26.5. The highest BCUT2D eigenvalue weighted by atomic mass is 16.5. The fourth-order valence-corrected chi connectivity index (χ4v) is 2.36. The van der Waals surface area contributed by atoms with E-state index in [-0.39, 0.29) is 0 Å². The monoisotopic (exact) mass is 313 g/mol. The summed E-state index contributed by atoms with van der Waals surface area (Å²) in [6.07, 6.45) is 1.41. The van der Waals surface area contributed by atoms with Crippen LogP contribution in [0.25, 0.3) is 16.8 Å². The van der Waals surface area contributed by atoms with Crippen molar-refractivity contribution in [3.63, 3.8) is 0 Å². The Morgan fingerprint density at radius 1 is 0.875 bits per heavy atom. The highest BCUT2D eigenvalue weighted by molar-refractivity contribution is 5.65. The molecule has 5 nitrogen and oxygen atoms in total. The molecule has 1 heterocycles. The van der Waals surface area contributed by atoms with Crippen molar-refractivity contribution >= 4 is 0 Å². The molecule has 1 radical (unpaired) electrons. The van der Waals surface area contributed by atoms with Gasteiger partial charge in [-0.05, 0) is 58.8 Å². The molecule has 0 atom stereocenters. The molecule has 0 fully saturated rings. The van der Waals surface area contributed by atoms with Crippen molar-refractivity contribution in [1.82, 2.24) is 20.2 Å². The molecule has 0 amide bonds. The van der Waals surface area contributed by atoms with E-state index in [1.807, 2.05) is 72.8 Å². The largest absolute Gasteiger partial charge is 0.457 e. The fraction of sp³-hybridized carbons (Fsp3) is 0. The third kappa shape index (κ3) is 3.01. The summed E-state index contributed by atoms with van der Waals surface area (Å²) in [7, 11) is 0. The molecule has 115 valence electrons. The summed E-state index contributed by atoms with van der Waals surface area (Å²) in [4.78, 5) is 1.47. The summed E-state index contributed by atoms with van der Waals surface area (Å²) in [5.74, 6) is 1.58. The number of rotatable bonds is 4. The second-order valence-electron chi connectivity index (χ2n) is 5.13. The van der Waals surface area contributed by atoms with Crippen LogP contribution in [0.1, 0.15) is 0 Å². The Labute approximate surface area is 139 Å². The first-order valence-electron chi connectivity index (χ1n) is 7.47. The van der Waals surface area contributed by atoms with Gasteiger partial charge in [0, 0.05) is 0 Å². The van der Waals surface area contributed by atoms with Crippen LogP contribution in [0.15, 0.2) is 79.1 Å². The highest BCUT2D eigenvalue weighted by Gasteiger charge is 2.04. The molecule has 0 bridgehead atoms. The number of benzene rings is 3. The fourth-order valence-electron chi connectivity index (χ4n) is 2.36. The molecule has 4 aromatic rings. The van der Waals surface area contributed by atoms with Crippen LogP contribution in [0.3, 0.4) is 0 Å². The average molecular weight is 313 g/mol. The summed E-state index contributed by atoms with van der Waals surface area (Å²) in [5, 5.41) is 11.6. The SMILES string of the molecule is [c]1ccc(Oc2ccccc2)cc1-c1ccc(-n2ncnn2)cc1. The Hall–Kier alpha value is -3.47. The van der Waals surface area contributed by atoms with E-state index in [1.165, 1.54) is 11.1 Å². The minimum atomic E-state index is 0.775. The molecule has 1 aromatic heterocycles. The lowest BCUT2D eigenvalue weighted by Gasteiger charge is -2.08. The lowest BCUT2D eigenvalue weighted by molar-refractivity contribution is 0.483. The van der Waals surface area contributed by atoms with Gasteiger partial charge < -0.3 is 4.74 Å². The minimum absolute atomic E-state index is 0.775. The van der Waals surface area contributed by atoms with Crippen LogP contribution in [0.5, 0.6) is 11.5 Å². The quantitative estimate of drug-likeness (QED) is 0.573. The molecule has 0 aliphatic heterocycles. The van der Waals surface area contributed by atoms with Gasteiger partial charge in [0.1, 0.15) is 11.5 Å². The average Bonchev–Trinajstić information content (AvgIpc) is 3.18. The first kappa shape index (κ1) is 14.1. The summed E-state index contributed by atoms with van der Waals surface area (Å²) in [6.45, 7) is 0. The van der Waals surface area contributed by atoms with E-state index in [0.717, 1.165) is 28.3 Å². The van der Waals surface area contributed by atoms with Crippen molar-refractivity contribution in [2.24, 2.45) is 0 Å². The van der Waals surface area contributed by atoms with Crippen LogP contribution >= 0.6 is 0 Å². The van der Waals surface area contributed by atoms with Crippen LogP contribution in [-0.2, 0) is 0 Å². The molecule has 0 N–H and O–H groups in total. The van der Waals surface area contributed by atoms with E-state index in [4.69, 9.17) is 4.74 Å². The van der Waals surface area contributed by atoms with Gasteiger partial charge in [-0.1, -0.05) is 36.4 Å². The van der Waals surface area contributed by atoms with Gasteiger partial charge in [0.15, 0.2) is 6.33 Å². The standard InChI is InChI=1S/C19H13N4O/c1-2-6-18(7-3-1)24-19-8-4-5-16(13-19)15-9-11-17(12-10-15)23-21-14-20-22-23/h1-4,6-14H. The molecule has 0 aliphatic carbocycles.